The van der Waals surface area contributed by atoms with Crippen molar-refractivity contribution >= 4 is 34.7 Å². The first-order valence-electron chi connectivity index (χ1n) is 4.96. The maximum Gasteiger partial charge on any atom is 0.175 e. The van der Waals surface area contributed by atoms with Crippen LogP contribution in [0.2, 0.25) is 0 Å². The van der Waals surface area contributed by atoms with Crippen LogP contribution in [-0.4, -0.2) is 72.2 Å². The van der Waals surface area contributed by atoms with E-state index in [1.165, 1.54) is 0 Å². The molecule has 0 unspecified atom stereocenters. The van der Waals surface area contributed by atoms with E-state index in [4.69, 9.17) is 24.4 Å². The number of nitrogens with zero attached hydrogens (tertiary/aromatic N) is 3. The highest BCUT2D eigenvalue weighted by molar-refractivity contribution is 7.81. The van der Waals surface area contributed by atoms with Gasteiger partial charge in [0.1, 0.15) is 0 Å². The third-order valence-electron chi connectivity index (χ3n) is 2.41. The summed E-state index contributed by atoms with van der Waals surface area (Å²) in [6.45, 7) is 4.05. The highest BCUT2D eigenvalue weighted by atomic mass is 32.1. The summed E-state index contributed by atoms with van der Waals surface area (Å²) in [6, 6.07) is 0. The summed E-state index contributed by atoms with van der Waals surface area (Å²) in [5.41, 5.74) is 0. The van der Waals surface area contributed by atoms with E-state index in [9.17, 15) is 0 Å². The van der Waals surface area contributed by atoms with Gasteiger partial charge in [0.15, 0.2) is 10.2 Å². The first kappa shape index (κ1) is 12.6. The summed E-state index contributed by atoms with van der Waals surface area (Å²) in [5.74, 6) is 0. The predicted octanol–water partition coefficient (Wildman–Crippen LogP) is -0.0452. The lowest BCUT2D eigenvalue weighted by atomic mass is 10.3. The van der Waals surface area contributed by atoms with Crippen molar-refractivity contribution in [3.8, 4) is 0 Å². The van der Waals surface area contributed by atoms with E-state index in [1.54, 1.807) is 0 Å². The monoisotopic (exact) mass is 246 g/mol. The van der Waals surface area contributed by atoms with Gasteiger partial charge in [-0.15, -0.1) is 0 Å². The first-order chi connectivity index (χ1) is 7.00. The molecule has 1 heterocycles. The Labute approximate surface area is 102 Å². The number of piperazine rings is 1. The van der Waals surface area contributed by atoms with Crippen LogP contribution in [0.15, 0.2) is 0 Å². The molecule has 15 heavy (non-hydrogen) atoms. The number of nitrogens with one attached hydrogen (secondary N) is 1. The highest BCUT2D eigenvalue weighted by Crippen LogP contribution is 1.99. The van der Waals surface area contributed by atoms with Crippen LogP contribution in [0.5, 0.6) is 0 Å². The molecule has 0 radical (unpaired) electrons. The number of hydrogen-bond donors (Lipinski definition) is 1. The lowest BCUT2D eigenvalue weighted by Crippen LogP contribution is -2.52. The van der Waals surface area contributed by atoms with Gasteiger partial charge < -0.3 is 20.0 Å². The molecule has 4 nitrogen and oxygen atoms in total. The Bertz CT molecular complexity index is 246. The Morgan fingerprint density at radius 3 is 2.13 bits per heavy atom. The molecule has 0 saturated carbocycles. The topological polar surface area (TPSA) is 21.8 Å². The molecule has 0 aliphatic carbocycles. The largest absolute Gasteiger partial charge is 0.355 e. The maximum absolute atomic E-state index is 5.29. The fraction of sp³-hybridized carbons (Fsp3) is 0.778. The van der Waals surface area contributed by atoms with E-state index in [-0.39, 0.29) is 0 Å². The van der Waals surface area contributed by atoms with Gasteiger partial charge in [-0.25, -0.2) is 0 Å². The molecule has 0 aromatic carbocycles. The molecule has 0 atom stereocenters. The van der Waals surface area contributed by atoms with Crippen molar-refractivity contribution in [2.45, 2.75) is 0 Å². The summed E-state index contributed by atoms with van der Waals surface area (Å²) < 4.78 is 0. The molecule has 1 aliphatic rings. The third-order valence-corrected chi connectivity index (χ3v) is 3.24. The number of thiocarbonyl (C=S) groups is 2. The quantitative estimate of drug-likeness (QED) is 0.601. The second-order valence-electron chi connectivity index (χ2n) is 3.92. The van der Waals surface area contributed by atoms with Gasteiger partial charge in [0.05, 0.1) is 0 Å². The predicted molar refractivity (Wildman–Crippen MR) is 71.1 cm³/mol. The molecular formula is C9H18N4S2. The van der Waals surface area contributed by atoms with Crippen molar-refractivity contribution in [2.75, 3.05) is 47.3 Å². The molecular weight excluding hydrogens is 228 g/mol. The average Bonchev–Trinajstić information content (AvgIpc) is 2.18. The van der Waals surface area contributed by atoms with Gasteiger partial charge in [0.25, 0.3) is 0 Å². The van der Waals surface area contributed by atoms with Crippen LogP contribution in [0.1, 0.15) is 0 Å². The van der Waals surface area contributed by atoms with E-state index < -0.39 is 0 Å². The van der Waals surface area contributed by atoms with Crippen LogP contribution in [0.25, 0.3) is 0 Å². The summed E-state index contributed by atoms with van der Waals surface area (Å²) in [5, 5.41) is 4.46. The highest BCUT2D eigenvalue weighted by Gasteiger charge is 2.16. The summed E-state index contributed by atoms with van der Waals surface area (Å²) in [7, 11) is 5.93. The lowest BCUT2D eigenvalue weighted by molar-refractivity contribution is 0.215. The van der Waals surface area contributed by atoms with Crippen LogP contribution in [0.3, 0.4) is 0 Å². The Balaban J connectivity index is 2.37. The zero-order valence-corrected chi connectivity index (χ0v) is 11.1. The van der Waals surface area contributed by atoms with E-state index in [1.807, 2.05) is 19.0 Å². The van der Waals surface area contributed by atoms with Crippen LogP contribution in [0, 0.1) is 0 Å². The average molecular weight is 246 g/mol. The lowest BCUT2D eigenvalue weighted by Gasteiger charge is -2.34. The van der Waals surface area contributed by atoms with E-state index in [0.717, 1.165) is 31.3 Å². The molecule has 0 aromatic heterocycles. The van der Waals surface area contributed by atoms with E-state index >= 15 is 0 Å². The molecule has 0 bridgehead atoms. The van der Waals surface area contributed by atoms with Gasteiger partial charge >= 0.3 is 0 Å². The van der Waals surface area contributed by atoms with Crippen molar-refractivity contribution in [1.82, 2.24) is 20.0 Å². The van der Waals surface area contributed by atoms with E-state index in [0.29, 0.717) is 5.11 Å². The van der Waals surface area contributed by atoms with Gasteiger partial charge in [0, 0.05) is 40.3 Å². The third kappa shape index (κ3) is 3.89. The molecule has 1 fully saturated rings. The van der Waals surface area contributed by atoms with Gasteiger partial charge in [-0.2, -0.15) is 0 Å². The fourth-order valence-electron chi connectivity index (χ4n) is 1.29. The molecule has 0 aromatic rings. The Morgan fingerprint density at radius 2 is 1.67 bits per heavy atom. The maximum atomic E-state index is 5.29. The molecule has 1 rings (SSSR count). The standard InChI is InChI=1S/C9H18N4S2/c1-11(2)8(14)10-9(15)13-6-4-12(3)5-7-13/h4-7H2,1-3H3,(H,10,14,15). The Morgan fingerprint density at radius 1 is 1.13 bits per heavy atom. The minimum absolute atomic E-state index is 0.666. The van der Waals surface area contributed by atoms with Gasteiger partial charge in [-0.05, 0) is 31.5 Å². The summed E-state index contributed by atoms with van der Waals surface area (Å²) >= 11 is 10.4. The summed E-state index contributed by atoms with van der Waals surface area (Å²) in [4.78, 5) is 6.30. The molecule has 1 saturated heterocycles. The van der Waals surface area contributed by atoms with Crippen LogP contribution in [-0.2, 0) is 0 Å². The molecule has 0 spiro atoms. The van der Waals surface area contributed by atoms with Crippen LogP contribution >= 0.6 is 24.4 Å². The SMILES string of the molecule is CN1CCN(C(=S)NC(=S)N(C)C)CC1. The normalized spacial score (nSPS) is 17.4. The van der Waals surface area contributed by atoms with Crippen LogP contribution < -0.4 is 5.32 Å². The number of hydrogen-bond acceptors (Lipinski definition) is 3. The Kier molecular flexibility index (Phi) is 4.69. The second-order valence-corrected chi connectivity index (χ2v) is 4.69. The Hall–Kier alpha value is -0.460. The van der Waals surface area contributed by atoms with Gasteiger partial charge in [-0.1, -0.05) is 0 Å². The number of likely N-dealkylation sites (N-methyl/N-ethyl adjacent to an activating group) is 1. The van der Waals surface area contributed by atoms with Crippen LogP contribution in [0.4, 0.5) is 0 Å². The minimum atomic E-state index is 0.666. The zero-order valence-electron chi connectivity index (χ0n) is 9.49. The van der Waals surface area contributed by atoms with Crippen molar-refractivity contribution in [1.29, 1.82) is 0 Å². The zero-order chi connectivity index (χ0) is 11.4. The van der Waals surface area contributed by atoms with E-state index in [2.05, 4.69) is 22.2 Å². The van der Waals surface area contributed by atoms with Crippen molar-refractivity contribution in [3.05, 3.63) is 0 Å². The molecule has 86 valence electrons. The van der Waals surface area contributed by atoms with Crippen molar-refractivity contribution in [3.63, 3.8) is 0 Å². The fourth-order valence-corrected chi connectivity index (χ4v) is 1.73. The first-order valence-corrected chi connectivity index (χ1v) is 5.78. The molecule has 1 N–H and O–H groups in total. The van der Waals surface area contributed by atoms with Crippen molar-refractivity contribution in [2.24, 2.45) is 0 Å². The number of rotatable bonds is 0. The van der Waals surface area contributed by atoms with Gasteiger partial charge in [-0.3, -0.25) is 0 Å². The molecule has 1 aliphatic heterocycles. The van der Waals surface area contributed by atoms with Gasteiger partial charge in [0.2, 0.25) is 0 Å². The summed E-state index contributed by atoms with van der Waals surface area (Å²) in [6.07, 6.45) is 0. The second kappa shape index (κ2) is 5.58. The molecule has 6 heteroatoms. The van der Waals surface area contributed by atoms with Crippen molar-refractivity contribution < 1.29 is 0 Å². The smallest absolute Gasteiger partial charge is 0.175 e. The minimum Gasteiger partial charge on any atom is -0.355 e. The molecule has 0 amide bonds.